The van der Waals surface area contributed by atoms with E-state index in [1.165, 1.54) is 33.5 Å². The van der Waals surface area contributed by atoms with Crippen molar-refractivity contribution in [3.63, 3.8) is 0 Å². The molecule has 0 spiro atoms. The topological polar surface area (TPSA) is 121 Å². The summed E-state index contributed by atoms with van der Waals surface area (Å²) in [6.07, 6.45) is 0.464. The number of hydrogen-bond donors (Lipinski definition) is 2. The number of ether oxygens (including phenoxy) is 5. The van der Waals surface area contributed by atoms with Gasteiger partial charge in [-0.15, -0.1) is 0 Å². The van der Waals surface area contributed by atoms with Crippen molar-refractivity contribution in [1.82, 2.24) is 10.6 Å². The molecule has 0 bridgehead atoms. The minimum atomic E-state index is -0.703. The lowest BCUT2D eigenvalue weighted by Crippen LogP contribution is -2.51. The zero-order valence-electron chi connectivity index (χ0n) is 17.6. The smallest absolute Gasteiger partial charge is 0.338 e. The van der Waals surface area contributed by atoms with E-state index < -0.39 is 24.0 Å². The van der Waals surface area contributed by atoms with Gasteiger partial charge in [0.1, 0.15) is 6.61 Å². The monoisotopic (exact) mass is 422 g/mol. The van der Waals surface area contributed by atoms with Crippen molar-refractivity contribution in [2.24, 2.45) is 0 Å². The van der Waals surface area contributed by atoms with Crippen molar-refractivity contribution >= 4 is 18.0 Å². The number of amides is 2. The molecule has 0 radical (unpaired) electrons. The Morgan fingerprint density at radius 3 is 2.10 bits per heavy atom. The Kier molecular flexibility index (Phi) is 7.90. The van der Waals surface area contributed by atoms with Gasteiger partial charge >= 0.3 is 18.0 Å². The van der Waals surface area contributed by atoms with Crippen molar-refractivity contribution in [3.8, 4) is 17.2 Å². The molecule has 1 aromatic carbocycles. The molecule has 0 saturated heterocycles. The molecule has 0 saturated carbocycles. The largest absolute Gasteiger partial charge is 0.493 e. The van der Waals surface area contributed by atoms with Gasteiger partial charge in [0.2, 0.25) is 5.75 Å². The third kappa shape index (κ3) is 4.94. The first-order valence-corrected chi connectivity index (χ1v) is 9.34. The van der Waals surface area contributed by atoms with Gasteiger partial charge < -0.3 is 34.3 Å². The summed E-state index contributed by atoms with van der Waals surface area (Å²) in [4.78, 5) is 36.9. The second kappa shape index (κ2) is 10.4. The number of carbonyl (C=O) groups excluding carboxylic acids is 3. The van der Waals surface area contributed by atoms with Crippen LogP contribution in [-0.2, 0) is 14.3 Å². The fourth-order valence-electron chi connectivity index (χ4n) is 3.00. The van der Waals surface area contributed by atoms with E-state index in [0.29, 0.717) is 12.2 Å². The quantitative estimate of drug-likeness (QED) is 0.578. The molecule has 164 valence electrons. The molecule has 0 fully saturated rings. The first-order valence-electron chi connectivity index (χ1n) is 9.34. The zero-order chi connectivity index (χ0) is 22.3. The summed E-state index contributed by atoms with van der Waals surface area (Å²) in [5.74, 6) is -0.380. The number of carbonyl (C=O) groups is 3. The number of esters is 2. The fourth-order valence-corrected chi connectivity index (χ4v) is 3.00. The second-order valence-electron chi connectivity index (χ2n) is 6.16. The van der Waals surface area contributed by atoms with Crippen molar-refractivity contribution in [2.45, 2.75) is 26.3 Å². The summed E-state index contributed by atoms with van der Waals surface area (Å²) >= 11 is 0. The number of methoxy groups -OCH3 is 3. The number of rotatable bonds is 9. The lowest BCUT2D eigenvalue weighted by Gasteiger charge is -2.28. The second-order valence-corrected chi connectivity index (χ2v) is 6.16. The lowest BCUT2D eigenvalue weighted by atomic mass is 10.0. The molecule has 1 heterocycles. The molecule has 2 amide bonds. The molecule has 2 rings (SSSR count). The summed E-state index contributed by atoms with van der Waals surface area (Å²) in [6.45, 7) is 3.34. The van der Waals surface area contributed by atoms with Crippen molar-refractivity contribution in [3.05, 3.63) is 29.0 Å². The predicted octanol–water partition coefficient (Wildman–Crippen LogP) is 1.78. The van der Waals surface area contributed by atoms with Gasteiger partial charge in [-0.3, -0.25) is 0 Å². The Balaban J connectivity index is 2.30. The molecule has 1 aliphatic rings. The maximum absolute atomic E-state index is 12.6. The first kappa shape index (κ1) is 22.9. The number of urea groups is 1. The van der Waals surface area contributed by atoms with E-state index in [1.54, 1.807) is 6.92 Å². The van der Waals surface area contributed by atoms with Crippen molar-refractivity contribution < 1.29 is 38.1 Å². The Labute approximate surface area is 174 Å². The Bertz CT molecular complexity index is 824. The molecule has 10 heteroatoms. The Morgan fingerprint density at radius 2 is 1.60 bits per heavy atom. The fraction of sp³-hybridized carbons (Fsp3) is 0.450. The van der Waals surface area contributed by atoms with E-state index in [9.17, 15) is 14.4 Å². The van der Waals surface area contributed by atoms with Crippen LogP contribution in [0.2, 0.25) is 0 Å². The van der Waals surface area contributed by atoms with Gasteiger partial charge in [-0.05, 0) is 25.5 Å². The van der Waals surface area contributed by atoms with Crippen molar-refractivity contribution in [2.75, 3.05) is 34.5 Å². The summed E-state index contributed by atoms with van der Waals surface area (Å²) < 4.78 is 26.1. The van der Waals surface area contributed by atoms with Crippen LogP contribution in [0.1, 0.15) is 30.6 Å². The highest BCUT2D eigenvalue weighted by Gasteiger charge is 2.32. The molecule has 1 atom stereocenters. The molecule has 10 nitrogen and oxygen atoms in total. The highest BCUT2D eigenvalue weighted by molar-refractivity contribution is 5.95. The maximum Gasteiger partial charge on any atom is 0.338 e. The van der Waals surface area contributed by atoms with Gasteiger partial charge in [-0.25, -0.2) is 14.4 Å². The van der Waals surface area contributed by atoms with Crippen molar-refractivity contribution in [1.29, 1.82) is 0 Å². The van der Waals surface area contributed by atoms with E-state index in [0.717, 1.165) is 0 Å². The third-order valence-electron chi connectivity index (χ3n) is 4.39. The molecular formula is C20H26N2O8. The molecule has 1 unspecified atom stereocenters. The minimum Gasteiger partial charge on any atom is -0.493 e. The zero-order valence-corrected chi connectivity index (χ0v) is 17.6. The van der Waals surface area contributed by atoms with Crippen LogP contribution in [0.4, 0.5) is 4.79 Å². The number of benzene rings is 1. The van der Waals surface area contributed by atoms with Crippen LogP contribution in [0, 0.1) is 0 Å². The molecule has 0 aromatic heterocycles. The van der Waals surface area contributed by atoms with E-state index in [4.69, 9.17) is 23.7 Å². The average molecular weight is 422 g/mol. The third-order valence-corrected chi connectivity index (χ3v) is 4.39. The van der Waals surface area contributed by atoms with Gasteiger partial charge in [0.15, 0.2) is 11.5 Å². The normalized spacial score (nSPS) is 15.6. The lowest BCUT2D eigenvalue weighted by molar-refractivity contribution is -0.139. The number of hydrogen-bond acceptors (Lipinski definition) is 8. The van der Waals surface area contributed by atoms with Crippen LogP contribution in [0.15, 0.2) is 23.4 Å². The molecule has 0 aliphatic carbocycles. The molecule has 1 aliphatic heterocycles. The highest BCUT2D eigenvalue weighted by atomic mass is 16.5. The van der Waals surface area contributed by atoms with Gasteiger partial charge in [-0.2, -0.15) is 0 Å². The number of nitrogens with one attached hydrogen (secondary N) is 2. The average Bonchev–Trinajstić information content (AvgIpc) is 2.75. The summed E-state index contributed by atoms with van der Waals surface area (Å²) in [5, 5.41) is 5.17. The van der Waals surface area contributed by atoms with Crippen LogP contribution in [-0.4, -0.2) is 58.6 Å². The Morgan fingerprint density at radius 1 is 0.967 bits per heavy atom. The molecule has 1 aromatic rings. The standard InChI is InChI=1S/C20H26N2O8/c1-6-12-16(19(24)29-7-2)13(22-20(25)21-12)10-30-18(23)11-8-14(26-3)17(28-5)15(9-11)27-4/h8-9,12H,6-7,10H2,1-5H3,(H2,21,22,25). The van der Waals surface area contributed by atoms with Gasteiger partial charge in [0.25, 0.3) is 0 Å². The van der Waals surface area contributed by atoms with E-state index in [-0.39, 0.29) is 41.5 Å². The minimum absolute atomic E-state index is 0.148. The Hall–Kier alpha value is -3.43. The van der Waals surface area contributed by atoms with Crippen LogP contribution in [0.3, 0.4) is 0 Å². The van der Waals surface area contributed by atoms with Crippen LogP contribution >= 0.6 is 0 Å². The van der Waals surface area contributed by atoms with E-state index >= 15 is 0 Å². The van der Waals surface area contributed by atoms with Crippen LogP contribution < -0.4 is 24.8 Å². The van der Waals surface area contributed by atoms with Crippen LogP contribution in [0.25, 0.3) is 0 Å². The molecule has 30 heavy (non-hydrogen) atoms. The highest BCUT2D eigenvalue weighted by Crippen LogP contribution is 2.38. The summed E-state index contributed by atoms with van der Waals surface area (Å²) in [6, 6.07) is 1.85. The molecular weight excluding hydrogens is 396 g/mol. The van der Waals surface area contributed by atoms with Gasteiger partial charge in [0, 0.05) is 0 Å². The van der Waals surface area contributed by atoms with Gasteiger partial charge in [0.05, 0.1) is 50.8 Å². The van der Waals surface area contributed by atoms with E-state index in [1.807, 2.05) is 6.92 Å². The summed E-state index contributed by atoms with van der Waals surface area (Å²) in [5.41, 5.74) is 0.538. The van der Waals surface area contributed by atoms with Crippen LogP contribution in [0.5, 0.6) is 17.2 Å². The molecule has 2 N–H and O–H groups in total. The predicted molar refractivity (Wildman–Crippen MR) is 106 cm³/mol. The van der Waals surface area contributed by atoms with Gasteiger partial charge in [-0.1, -0.05) is 6.92 Å². The summed E-state index contributed by atoms with van der Waals surface area (Å²) in [7, 11) is 4.31. The SMILES string of the molecule is CCOC(=O)C1=C(COC(=O)c2cc(OC)c(OC)c(OC)c2)NC(=O)NC1CC. The van der Waals surface area contributed by atoms with E-state index in [2.05, 4.69) is 10.6 Å². The maximum atomic E-state index is 12.6. The first-order chi connectivity index (χ1) is 14.4.